The Balaban J connectivity index is 2.22. The molecule has 2 aromatic rings. The van der Waals surface area contributed by atoms with E-state index in [4.69, 9.17) is 14.3 Å². The van der Waals surface area contributed by atoms with E-state index in [1.165, 1.54) is 6.07 Å². The van der Waals surface area contributed by atoms with Crippen LogP contribution < -0.4 is 4.74 Å². The number of ether oxygens (including phenoxy) is 1. The summed E-state index contributed by atoms with van der Waals surface area (Å²) in [6.45, 7) is 6.01. The molecular formula is C16H17BrO4. The average Bonchev–Trinajstić information content (AvgIpc) is 2.90. The van der Waals surface area contributed by atoms with Crippen LogP contribution in [0.5, 0.6) is 5.75 Å². The van der Waals surface area contributed by atoms with Crippen LogP contribution in [0.1, 0.15) is 54.7 Å². The Kier molecular flexibility index (Phi) is 4.73. The molecule has 0 aliphatic carbocycles. The third kappa shape index (κ3) is 3.67. The highest BCUT2D eigenvalue weighted by Gasteiger charge is 2.17. The van der Waals surface area contributed by atoms with E-state index in [1.54, 1.807) is 6.07 Å². The van der Waals surface area contributed by atoms with Crippen LogP contribution in [0.15, 0.2) is 39.2 Å². The Morgan fingerprint density at radius 2 is 1.95 bits per heavy atom. The first-order chi connectivity index (χ1) is 9.88. The number of hydrogen-bond acceptors (Lipinski definition) is 3. The molecule has 0 bridgehead atoms. The van der Waals surface area contributed by atoms with Crippen LogP contribution in [-0.4, -0.2) is 11.1 Å². The standard InChI is InChI=1S/C16H17BrO4/c1-9(2)12-8-11(17)4-5-14(12)20-10(3)13-6-7-15(21-13)16(18)19/h4-10H,1-3H3,(H,18,19). The highest BCUT2D eigenvalue weighted by atomic mass is 79.9. The van der Waals surface area contributed by atoms with Gasteiger partial charge in [-0.2, -0.15) is 0 Å². The average molecular weight is 353 g/mol. The van der Waals surface area contributed by atoms with Gasteiger partial charge in [0.2, 0.25) is 5.76 Å². The van der Waals surface area contributed by atoms with Gasteiger partial charge in [-0.1, -0.05) is 29.8 Å². The van der Waals surface area contributed by atoms with Gasteiger partial charge in [0.1, 0.15) is 11.5 Å². The van der Waals surface area contributed by atoms with Crippen LogP contribution in [0.4, 0.5) is 0 Å². The molecule has 1 aromatic carbocycles. The van der Waals surface area contributed by atoms with Crippen molar-refractivity contribution in [2.75, 3.05) is 0 Å². The van der Waals surface area contributed by atoms with Gasteiger partial charge in [-0.3, -0.25) is 0 Å². The minimum Gasteiger partial charge on any atom is -0.482 e. The smallest absolute Gasteiger partial charge is 0.371 e. The zero-order valence-corrected chi connectivity index (χ0v) is 13.7. The number of carbonyl (C=O) groups is 1. The number of carboxylic acids is 1. The van der Waals surface area contributed by atoms with Gasteiger partial charge in [-0.25, -0.2) is 4.79 Å². The molecule has 1 aromatic heterocycles. The van der Waals surface area contributed by atoms with E-state index >= 15 is 0 Å². The summed E-state index contributed by atoms with van der Waals surface area (Å²) in [6, 6.07) is 8.90. The quantitative estimate of drug-likeness (QED) is 0.821. The molecule has 5 heteroatoms. The third-order valence-electron chi connectivity index (χ3n) is 3.14. The molecule has 1 atom stereocenters. The van der Waals surface area contributed by atoms with Crippen LogP contribution >= 0.6 is 15.9 Å². The van der Waals surface area contributed by atoms with E-state index in [2.05, 4.69) is 29.8 Å². The molecule has 0 spiro atoms. The Morgan fingerprint density at radius 1 is 1.24 bits per heavy atom. The summed E-state index contributed by atoms with van der Waals surface area (Å²) in [5, 5.41) is 8.88. The van der Waals surface area contributed by atoms with Crippen molar-refractivity contribution in [1.82, 2.24) is 0 Å². The van der Waals surface area contributed by atoms with E-state index < -0.39 is 5.97 Å². The predicted octanol–water partition coefficient (Wildman–Crippen LogP) is 5.00. The number of rotatable bonds is 5. The van der Waals surface area contributed by atoms with Crippen molar-refractivity contribution in [3.63, 3.8) is 0 Å². The maximum atomic E-state index is 10.8. The summed E-state index contributed by atoms with van der Waals surface area (Å²) < 4.78 is 12.2. The fourth-order valence-electron chi connectivity index (χ4n) is 2.01. The monoisotopic (exact) mass is 352 g/mol. The van der Waals surface area contributed by atoms with Gasteiger partial charge in [0.25, 0.3) is 0 Å². The topological polar surface area (TPSA) is 59.7 Å². The summed E-state index contributed by atoms with van der Waals surface area (Å²) in [5.41, 5.74) is 1.08. The van der Waals surface area contributed by atoms with Gasteiger partial charge >= 0.3 is 5.97 Å². The van der Waals surface area contributed by atoms with Crippen LogP contribution in [0.2, 0.25) is 0 Å². The first-order valence-electron chi connectivity index (χ1n) is 6.67. The Hall–Kier alpha value is -1.75. The highest BCUT2D eigenvalue weighted by molar-refractivity contribution is 9.10. The summed E-state index contributed by atoms with van der Waals surface area (Å²) in [5.74, 6) is 0.412. The molecule has 1 N–H and O–H groups in total. The molecule has 2 rings (SSSR count). The molecule has 0 saturated heterocycles. The lowest BCUT2D eigenvalue weighted by Crippen LogP contribution is -2.05. The van der Waals surface area contributed by atoms with Crippen molar-refractivity contribution < 1.29 is 19.1 Å². The van der Waals surface area contributed by atoms with E-state index in [-0.39, 0.29) is 11.9 Å². The maximum absolute atomic E-state index is 10.8. The van der Waals surface area contributed by atoms with Gasteiger partial charge < -0.3 is 14.3 Å². The van der Waals surface area contributed by atoms with E-state index in [0.717, 1.165) is 15.8 Å². The van der Waals surface area contributed by atoms with Crippen molar-refractivity contribution in [1.29, 1.82) is 0 Å². The summed E-state index contributed by atoms with van der Waals surface area (Å²) in [4.78, 5) is 10.8. The zero-order valence-electron chi connectivity index (χ0n) is 12.1. The molecule has 0 aliphatic rings. The van der Waals surface area contributed by atoms with Gasteiger partial charge in [-0.15, -0.1) is 0 Å². The van der Waals surface area contributed by atoms with Crippen LogP contribution in [0.3, 0.4) is 0 Å². The molecule has 4 nitrogen and oxygen atoms in total. The molecule has 112 valence electrons. The van der Waals surface area contributed by atoms with Gasteiger partial charge in [-0.05, 0) is 48.7 Å². The summed E-state index contributed by atoms with van der Waals surface area (Å²) in [7, 11) is 0. The van der Waals surface area contributed by atoms with Gasteiger partial charge in [0, 0.05) is 4.47 Å². The number of furan rings is 1. The van der Waals surface area contributed by atoms with E-state index in [0.29, 0.717) is 11.7 Å². The Bertz CT molecular complexity index is 645. The maximum Gasteiger partial charge on any atom is 0.371 e. The second-order valence-electron chi connectivity index (χ2n) is 5.10. The SMILES string of the molecule is CC(C)c1cc(Br)ccc1OC(C)c1ccc(C(=O)O)o1. The first kappa shape index (κ1) is 15.6. The fourth-order valence-corrected chi connectivity index (χ4v) is 2.39. The Labute approximate surface area is 131 Å². The number of aromatic carboxylic acids is 1. The van der Waals surface area contributed by atoms with Crippen molar-refractivity contribution in [3.05, 3.63) is 51.9 Å². The van der Waals surface area contributed by atoms with E-state index in [1.807, 2.05) is 25.1 Å². The van der Waals surface area contributed by atoms with Crippen molar-refractivity contribution in [3.8, 4) is 5.75 Å². The van der Waals surface area contributed by atoms with Gasteiger partial charge in [0.05, 0.1) is 0 Å². The van der Waals surface area contributed by atoms with Crippen LogP contribution in [0.25, 0.3) is 0 Å². The van der Waals surface area contributed by atoms with E-state index in [9.17, 15) is 4.79 Å². The first-order valence-corrected chi connectivity index (χ1v) is 7.47. The lowest BCUT2D eigenvalue weighted by molar-refractivity contribution is 0.0655. The number of benzene rings is 1. The summed E-state index contributed by atoms with van der Waals surface area (Å²) in [6.07, 6.45) is -0.364. The van der Waals surface area contributed by atoms with Crippen LogP contribution in [-0.2, 0) is 0 Å². The van der Waals surface area contributed by atoms with Crippen molar-refractivity contribution in [2.45, 2.75) is 32.8 Å². The minimum atomic E-state index is -1.08. The molecular weight excluding hydrogens is 336 g/mol. The minimum absolute atomic E-state index is 0.0830. The number of carboxylic acid groups (broad SMARTS) is 1. The molecule has 0 radical (unpaired) electrons. The molecule has 1 unspecified atom stereocenters. The second-order valence-corrected chi connectivity index (χ2v) is 6.02. The predicted molar refractivity (Wildman–Crippen MR) is 82.9 cm³/mol. The zero-order chi connectivity index (χ0) is 15.6. The molecule has 0 amide bonds. The van der Waals surface area contributed by atoms with Gasteiger partial charge in [0.15, 0.2) is 6.10 Å². The fraction of sp³-hybridized carbons (Fsp3) is 0.312. The van der Waals surface area contributed by atoms with Crippen LogP contribution in [0, 0.1) is 0 Å². The molecule has 0 fully saturated rings. The molecule has 0 aliphatic heterocycles. The molecule has 21 heavy (non-hydrogen) atoms. The number of halogens is 1. The van der Waals surface area contributed by atoms with Crippen molar-refractivity contribution >= 4 is 21.9 Å². The second kappa shape index (κ2) is 6.35. The molecule has 1 heterocycles. The Morgan fingerprint density at radius 3 is 2.52 bits per heavy atom. The molecule has 0 saturated carbocycles. The third-order valence-corrected chi connectivity index (χ3v) is 3.63. The summed E-state index contributed by atoms with van der Waals surface area (Å²) >= 11 is 3.46. The lowest BCUT2D eigenvalue weighted by atomic mass is 10.0. The number of hydrogen-bond donors (Lipinski definition) is 1. The van der Waals surface area contributed by atoms with Crippen molar-refractivity contribution in [2.24, 2.45) is 0 Å². The highest BCUT2D eigenvalue weighted by Crippen LogP contribution is 2.33. The largest absolute Gasteiger partial charge is 0.482 e. The normalized spacial score (nSPS) is 12.4. The lowest BCUT2D eigenvalue weighted by Gasteiger charge is -2.18.